The molecule has 0 unspecified atom stereocenters. The predicted octanol–water partition coefficient (Wildman–Crippen LogP) is 3.26. The minimum Gasteiger partial charge on any atom is -0.439 e. The smallest absolute Gasteiger partial charge is 0.271 e. The van der Waals surface area contributed by atoms with E-state index in [1.807, 2.05) is 36.4 Å². The van der Waals surface area contributed by atoms with Crippen molar-refractivity contribution in [2.45, 2.75) is 6.54 Å². The lowest BCUT2D eigenvalue weighted by Gasteiger charge is -2.06. The normalized spacial score (nSPS) is 10.2. The van der Waals surface area contributed by atoms with Crippen LogP contribution in [-0.4, -0.2) is 15.9 Å². The number of aromatic nitrogens is 2. The van der Waals surface area contributed by atoms with Crippen molar-refractivity contribution >= 4 is 17.2 Å². The third-order valence-electron chi connectivity index (χ3n) is 2.88. The zero-order chi connectivity index (χ0) is 15.2. The molecule has 1 amide bonds. The molecule has 0 aliphatic carbocycles. The summed E-state index contributed by atoms with van der Waals surface area (Å²) in [5.41, 5.74) is 2.96. The molecule has 0 aliphatic heterocycles. The SMILES string of the molecule is O=C(NCc1ccc(Oc2ccccc2)nc1)c1cscn1. The lowest BCUT2D eigenvalue weighted by molar-refractivity contribution is 0.0946. The highest BCUT2D eigenvalue weighted by Crippen LogP contribution is 2.18. The van der Waals surface area contributed by atoms with E-state index in [9.17, 15) is 4.79 Å². The minimum absolute atomic E-state index is 0.189. The van der Waals surface area contributed by atoms with Gasteiger partial charge < -0.3 is 10.1 Å². The lowest BCUT2D eigenvalue weighted by Crippen LogP contribution is -2.23. The summed E-state index contributed by atoms with van der Waals surface area (Å²) in [6.07, 6.45) is 1.68. The van der Waals surface area contributed by atoms with Gasteiger partial charge in [0.05, 0.1) is 5.51 Å². The molecule has 22 heavy (non-hydrogen) atoms. The molecular formula is C16H13N3O2S. The monoisotopic (exact) mass is 311 g/mol. The Morgan fingerprint density at radius 2 is 2.00 bits per heavy atom. The summed E-state index contributed by atoms with van der Waals surface area (Å²) in [5.74, 6) is 1.06. The Balaban J connectivity index is 1.56. The maximum absolute atomic E-state index is 11.8. The number of nitrogens with one attached hydrogen (secondary N) is 1. The highest BCUT2D eigenvalue weighted by atomic mass is 32.1. The van der Waals surface area contributed by atoms with Gasteiger partial charge >= 0.3 is 0 Å². The van der Waals surface area contributed by atoms with Gasteiger partial charge in [-0.2, -0.15) is 0 Å². The molecule has 3 aromatic rings. The fourth-order valence-electron chi connectivity index (χ4n) is 1.78. The van der Waals surface area contributed by atoms with Crippen LogP contribution in [-0.2, 0) is 6.54 Å². The van der Waals surface area contributed by atoms with Crippen LogP contribution >= 0.6 is 11.3 Å². The number of carbonyl (C=O) groups is 1. The maximum Gasteiger partial charge on any atom is 0.271 e. The first-order chi connectivity index (χ1) is 10.8. The van der Waals surface area contributed by atoms with Crippen molar-refractivity contribution < 1.29 is 9.53 Å². The standard InChI is InChI=1S/C16H13N3O2S/c20-16(14-10-22-11-19-14)18-9-12-6-7-15(17-8-12)21-13-4-2-1-3-5-13/h1-8,10-11H,9H2,(H,18,20). The fraction of sp³-hybridized carbons (Fsp3) is 0.0625. The van der Waals surface area contributed by atoms with Gasteiger partial charge in [0.15, 0.2) is 0 Å². The third-order valence-corrected chi connectivity index (χ3v) is 3.47. The van der Waals surface area contributed by atoms with Gasteiger partial charge in [-0.15, -0.1) is 11.3 Å². The number of hydrogen-bond acceptors (Lipinski definition) is 5. The van der Waals surface area contributed by atoms with Crippen LogP contribution in [0.15, 0.2) is 59.6 Å². The van der Waals surface area contributed by atoms with E-state index in [-0.39, 0.29) is 5.91 Å². The van der Waals surface area contributed by atoms with Gasteiger partial charge in [-0.1, -0.05) is 24.3 Å². The van der Waals surface area contributed by atoms with Crippen LogP contribution < -0.4 is 10.1 Å². The summed E-state index contributed by atoms with van der Waals surface area (Å²) in [6, 6.07) is 13.1. The Hall–Kier alpha value is -2.73. The summed E-state index contributed by atoms with van der Waals surface area (Å²) < 4.78 is 5.61. The number of para-hydroxylation sites is 1. The van der Waals surface area contributed by atoms with E-state index in [4.69, 9.17) is 4.74 Å². The van der Waals surface area contributed by atoms with Gasteiger partial charge in [0.1, 0.15) is 11.4 Å². The van der Waals surface area contributed by atoms with Crippen molar-refractivity contribution in [3.05, 3.63) is 70.8 Å². The van der Waals surface area contributed by atoms with Crippen molar-refractivity contribution in [2.24, 2.45) is 0 Å². The number of benzene rings is 1. The summed E-state index contributed by atoms with van der Waals surface area (Å²) in [7, 11) is 0. The molecule has 0 bridgehead atoms. The number of hydrogen-bond donors (Lipinski definition) is 1. The van der Waals surface area contributed by atoms with Gasteiger partial charge in [-0.25, -0.2) is 9.97 Å². The van der Waals surface area contributed by atoms with Crippen LogP contribution in [0.2, 0.25) is 0 Å². The summed E-state index contributed by atoms with van der Waals surface area (Å²) >= 11 is 1.39. The van der Waals surface area contributed by atoms with Crippen molar-refractivity contribution in [3.8, 4) is 11.6 Å². The van der Waals surface area contributed by atoms with Gasteiger partial charge in [0.2, 0.25) is 5.88 Å². The number of thiazole rings is 1. The van der Waals surface area contributed by atoms with E-state index >= 15 is 0 Å². The van der Waals surface area contributed by atoms with E-state index < -0.39 is 0 Å². The van der Waals surface area contributed by atoms with Crippen LogP contribution in [0.4, 0.5) is 0 Å². The second-order valence-electron chi connectivity index (χ2n) is 4.48. The second kappa shape index (κ2) is 6.82. The minimum atomic E-state index is -0.189. The molecule has 0 radical (unpaired) electrons. The van der Waals surface area contributed by atoms with Crippen LogP contribution in [0.1, 0.15) is 16.1 Å². The van der Waals surface area contributed by atoms with E-state index in [2.05, 4.69) is 15.3 Å². The zero-order valence-electron chi connectivity index (χ0n) is 11.6. The molecule has 0 aliphatic rings. The average molecular weight is 311 g/mol. The molecule has 1 aromatic carbocycles. The molecule has 6 heteroatoms. The largest absolute Gasteiger partial charge is 0.439 e. The van der Waals surface area contributed by atoms with Crippen molar-refractivity contribution in [1.82, 2.24) is 15.3 Å². The van der Waals surface area contributed by atoms with E-state index in [1.54, 1.807) is 23.2 Å². The molecule has 0 spiro atoms. The highest BCUT2D eigenvalue weighted by Gasteiger charge is 2.07. The molecule has 110 valence electrons. The lowest BCUT2D eigenvalue weighted by atomic mass is 10.3. The molecule has 5 nitrogen and oxygen atoms in total. The zero-order valence-corrected chi connectivity index (χ0v) is 12.4. The summed E-state index contributed by atoms with van der Waals surface area (Å²) in [6.45, 7) is 0.398. The topological polar surface area (TPSA) is 64.1 Å². The van der Waals surface area contributed by atoms with E-state index in [1.165, 1.54) is 11.3 Å². The third kappa shape index (κ3) is 3.67. The number of carbonyl (C=O) groups excluding carboxylic acids is 1. The molecule has 0 atom stereocenters. The van der Waals surface area contributed by atoms with Crippen LogP contribution in [0.5, 0.6) is 11.6 Å². The molecule has 2 heterocycles. The summed E-state index contributed by atoms with van der Waals surface area (Å²) in [4.78, 5) is 20.0. The first-order valence-corrected chi connectivity index (χ1v) is 7.60. The van der Waals surface area contributed by atoms with Crippen LogP contribution in [0.25, 0.3) is 0 Å². The van der Waals surface area contributed by atoms with E-state index in [0.29, 0.717) is 18.1 Å². The number of ether oxygens (including phenoxy) is 1. The Morgan fingerprint density at radius 1 is 1.14 bits per heavy atom. The quantitative estimate of drug-likeness (QED) is 0.785. The molecule has 0 saturated carbocycles. The van der Waals surface area contributed by atoms with Gasteiger partial charge in [0.25, 0.3) is 5.91 Å². The summed E-state index contributed by atoms with van der Waals surface area (Å²) in [5, 5.41) is 4.51. The van der Waals surface area contributed by atoms with Crippen LogP contribution in [0, 0.1) is 0 Å². The average Bonchev–Trinajstić information content (AvgIpc) is 3.09. The molecule has 3 rings (SSSR count). The Bertz CT molecular complexity index is 728. The predicted molar refractivity (Wildman–Crippen MR) is 84.0 cm³/mol. The number of pyridine rings is 1. The molecule has 2 aromatic heterocycles. The molecule has 0 fully saturated rings. The fourth-order valence-corrected chi connectivity index (χ4v) is 2.31. The number of rotatable bonds is 5. The molecular weight excluding hydrogens is 298 g/mol. The van der Waals surface area contributed by atoms with Crippen LogP contribution in [0.3, 0.4) is 0 Å². The van der Waals surface area contributed by atoms with Crippen molar-refractivity contribution in [1.29, 1.82) is 0 Å². The Morgan fingerprint density at radius 3 is 2.68 bits per heavy atom. The Kier molecular flexibility index (Phi) is 4.41. The number of amides is 1. The first-order valence-electron chi connectivity index (χ1n) is 6.65. The molecule has 0 saturated heterocycles. The van der Waals surface area contributed by atoms with Crippen molar-refractivity contribution in [2.75, 3.05) is 0 Å². The Labute approximate surface area is 131 Å². The van der Waals surface area contributed by atoms with Gasteiger partial charge in [0, 0.05) is 24.2 Å². The highest BCUT2D eigenvalue weighted by molar-refractivity contribution is 7.07. The molecule has 1 N–H and O–H groups in total. The first kappa shape index (κ1) is 14.2. The maximum atomic E-state index is 11.8. The van der Waals surface area contributed by atoms with Gasteiger partial charge in [-0.05, 0) is 17.7 Å². The van der Waals surface area contributed by atoms with E-state index in [0.717, 1.165) is 11.3 Å². The van der Waals surface area contributed by atoms with Gasteiger partial charge in [-0.3, -0.25) is 4.79 Å². The second-order valence-corrected chi connectivity index (χ2v) is 5.19. The number of nitrogens with zero attached hydrogens (tertiary/aromatic N) is 2. The van der Waals surface area contributed by atoms with Crippen molar-refractivity contribution in [3.63, 3.8) is 0 Å².